The van der Waals surface area contributed by atoms with Gasteiger partial charge < -0.3 is 5.11 Å². The summed E-state index contributed by atoms with van der Waals surface area (Å²) < 4.78 is 0. The lowest BCUT2D eigenvalue weighted by Gasteiger charge is -1.90. The standard InChI is InChI=1S/C20H32O2.C6H5N3/c1-2-3-4-5-6-7-8-9-10-11-12-13-14-15-16-17-18-19-20(21)22;1-2-4-6-5(3-1)7-9-8-6/h6-7,9-10,12-13,15-16H,2-5,8,11,14,17-19H2,1H3,(H,21,22);1-4H,(H,7,8,9)/b7-6-,10-9-,13-12-,16-15-;. The Morgan fingerprint density at radius 3 is 2.03 bits per heavy atom. The Bertz CT molecular complexity index is 789. The van der Waals surface area contributed by atoms with Crippen LogP contribution in [0.5, 0.6) is 0 Å². The van der Waals surface area contributed by atoms with Gasteiger partial charge in [-0.2, -0.15) is 0 Å². The van der Waals surface area contributed by atoms with Gasteiger partial charge in [-0.1, -0.05) is 85.7 Å². The maximum Gasteiger partial charge on any atom is 0.303 e. The number of aliphatic carboxylic acids is 1. The highest BCUT2D eigenvalue weighted by Gasteiger charge is 1.92. The summed E-state index contributed by atoms with van der Waals surface area (Å²) in [7, 11) is 0. The summed E-state index contributed by atoms with van der Waals surface area (Å²) >= 11 is 0. The third-order valence-electron chi connectivity index (χ3n) is 4.45. The van der Waals surface area contributed by atoms with E-state index < -0.39 is 5.97 Å². The van der Waals surface area contributed by atoms with Crippen LogP contribution in [-0.4, -0.2) is 26.5 Å². The second-order valence-electron chi connectivity index (χ2n) is 7.20. The van der Waals surface area contributed by atoms with Crippen molar-refractivity contribution in [1.29, 1.82) is 0 Å². The normalized spacial score (nSPS) is 11.8. The largest absolute Gasteiger partial charge is 0.481 e. The molecule has 0 unspecified atom stereocenters. The zero-order chi connectivity index (χ0) is 22.4. The molecule has 0 atom stereocenters. The number of allylic oxidation sites excluding steroid dienone is 8. The Kier molecular flexibility index (Phi) is 16.0. The van der Waals surface area contributed by atoms with Crippen LogP contribution in [0.15, 0.2) is 72.9 Å². The number of fused-ring (bicyclic) bond motifs is 1. The molecule has 0 aliphatic heterocycles. The van der Waals surface area contributed by atoms with Crippen LogP contribution in [-0.2, 0) is 4.79 Å². The van der Waals surface area contributed by atoms with Crippen molar-refractivity contribution in [2.45, 2.75) is 71.1 Å². The Morgan fingerprint density at radius 1 is 0.871 bits per heavy atom. The SMILES string of the molecule is CCCCC/C=C\C/C=C\C/C=C\C/C=C\CCCC(=O)O.c1ccc2[nH]nnc2c1. The second kappa shape index (κ2) is 19.0. The molecular formula is C26H37N3O2. The minimum atomic E-state index is -0.712. The van der Waals surface area contributed by atoms with Gasteiger partial charge in [0.1, 0.15) is 5.52 Å². The molecule has 0 bridgehead atoms. The number of benzene rings is 1. The number of para-hydroxylation sites is 1. The minimum absolute atomic E-state index is 0.262. The maximum absolute atomic E-state index is 10.3. The first-order chi connectivity index (χ1) is 15.2. The van der Waals surface area contributed by atoms with Gasteiger partial charge in [-0.05, 0) is 57.1 Å². The fraction of sp³-hybridized carbons (Fsp3) is 0.423. The number of unbranched alkanes of at least 4 members (excludes halogenated alkanes) is 4. The van der Waals surface area contributed by atoms with E-state index in [2.05, 4.69) is 70.9 Å². The van der Waals surface area contributed by atoms with E-state index >= 15 is 0 Å². The summed E-state index contributed by atoms with van der Waals surface area (Å²) in [5, 5.41) is 18.7. The lowest BCUT2D eigenvalue weighted by atomic mass is 10.2. The van der Waals surface area contributed by atoms with Crippen molar-refractivity contribution in [3.8, 4) is 0 Å². The predicted octanol–water partition coefficient (Wildman–Crippen LogP) is 7.17. The molecule has 0 spiro atoms. The molecule has 2 N–H and O–H groups in total. The third kappa shape index (κ3) is 15.5. The molecule has 31 heavy (non-hydrogen) atoms. The predicted molar refractivity (Wildman–Crippen MR) is 130 cm³/mol. The van der Waals surface area contributed by atoms with Crippen molar-refractivity contribution in [2.24, 2.45) is 0 Å². The number of aromatic amines is 1. The molecule has 5 nitrogen and oxygen atoms in total. The molecule has 5 heteroatoms. The molecule has 0 amide bonds. The van der Waals surface area contributed by atoms with Crippen LogP contribution in [0.4, 0.5) is 0 Å². The van der Waals surface area contributed by atoms with Crippen LogP contribution in [0, 0.1) is 0 Å². The van der Waals surface area contributed by atoms with Gasteiger partial charge in [0.2, 0.25) is 0 Å². The van der Waals surface area contributed by atoms with Crippen molar-refractivity contribution in [2.75, 3.05) is 0 Å². The monoisotopic (exact) mass is 423 g/mol. The Balaban J connectivity index is 0.000000432. The van der Waals surface area contributed by atoms with Crippen LogP contribution in [0.2, 0.25) is 0 Å². The smallest absolute Gasteiger partial charge is 0.303 e. The number of carboxylic acids is 1. The van der Waals surface area contributed by atoms with Crippen molar-refractivity contribution < 1.29 is 9.90 Å². The van der Waals surface area contributed by atoms with Gasteiger partial charge in [0, 0.05) is 6.42 Å². The average molecular weight is 424 g/mol. The number of aromatic nitrogens is 3. The zero-order valence-electron chi connectivity index (χ0n) is 18.7. The van der Waals surface area contributed by atoms with E-state index in [1.54, 1.807) is 0 Å². The number of hydrogen-bond donors (Lipinski definition) is 2. The van der Waals surface area contributed by atoms with E-state index in [-0.39, 0.29) is 6.42 Å². The molecule has 1 aromatic carbocycles. The first-order valence-corrected chi connectivity index (χ1v) is 11.3. The van der Waals surface area contributed by atoms with Crippen LogP contribution in [0.1, 0.15) is 71.1 Å². The molecule has 0 saturated carbocycles. The molecule has 1 aromatic heterocycles. The first kappa shape index (κ1) is 26.1. The second-order valence-corrected chi connectivity index (χ2v) is 7.20. The lowest BCUT2D eigenvalue weighted by Crippen LogP contribution is -1.92. The van der Waals surface area contributed by atoms with Crippen LogP contribution < -0.4 is 0 Å². The summed E-state index contributed by atoms with van der Waals surface area (Å²) in [5.74, 6) is -0.712. The quantitative estimate of drug-likeness (QED) is 0.249. The topological polar surface area (TPSA) is 78.9 Å². The molecule has 0 fully saturated rings. The minimum Gasteiger partial charge on any atom is -0.481 e. The van der Waals surface area contributed by atoms with Gasteiger partial charge in [0.05, 0.1) is 5.52 Å². The number of rotatable bonds is 14. The van der Waals surface area contributed by atoms with E-state index in [4.69, 9.17) is 5.11 Å². The molecule has 168 valence electrons. The third-order valence-corrected chi connectivity index (χ3v) is 4.45. The number of nitrogens with one attached hydrogen (secondary N) is 1. The fourth-order valence-corrected chi connectivity index (χ4v) is 2.72. The highest BCUT2D eigenvalue weighted by atomic mass is 16.4. The Morgan fingerprint density at radius 2 is 1.45 bits per heavy atom. The molecule has 0 radical (unpaired) electrons. The number of nitrogens with zero attached hydrogens (tertiary/aromatic N) is 2. The number of H-pyrrole nitrogens is 1. The van der Waals surface area contributed by atoms with Gasteiger partial charge >= 0.3 is 5.97 Å². The van der Waals surface area contributed by atoms with Crippen LogP contribution >= 0.6 is 0 Å². The number of carbonyl (C=O) groups is 1. The van der Waals surface area contributed by atoms with Gasteiger partial charge in [-0.25, -0.2) is 0 Å². The number of hydrogen-bond acceptors (Lipinski definition) is 3. The summed E-state index contributed by atoms with van der Waals surface area (Å²) in [6.07, 6.45) is 27.3. The fourth-order valence-electron chi connectivity index (χ4n) is 2.72. The molecule has 0 saturated heterocycles. The van der Waals surface area contributed by atoms with Gasteiger partial charge in [-0.15, -0.1) is 5.10 Å². The van der Waals surface area contributed by atoms with E-state index in [1.165, 1.54) is 25.7 Å². The van der Waals surface area contributed by atoms with E-state index in [0.29, 0.717) is 0 Å². The lowest BCUT2D eigenvalue weighted by molar-refractivity contribution is -0.137. The molecular weight excluding hydrogens is 386 g/mol. The van der Waals surface area contributed by atoms with E-state index in [0.717, 1.165) is 43.1 Å². The first-order valence-electron chi connectivity index (χ1n) is 11.3. The molecule has 0 aliphatic carbocycles. The molecule has 0 aliphatic rings. The molecule has 2 rings (SSSR count). The van der Waals surface area contributed by atoms with Gasteiger partial charge in [-0.3, -0.25) is 9.89 Å². The average Bonchev–Trinajstić information content (AvgIpc) is 3.25. The summed E-state index contributed by atoms with van der Waals surface area (Å²) in [4.78, 5) is 10.3. The maximum atomic E-state index is 10.3. The Hall–Kier alpha value is -2.95. The van der Waals surface area contributed by atoms with E-state index in [9.17, 15) is 4.79 Å². The van der Waals surface area contributed by atoms with Crippen molar-refractivity contribution in [1.82, 2.24) is 15.4 Å². The summed E-state index contributed by atoms with van der Waals surface area (Å²) in [6.45, 7) is 2.23. The van der Waals surface area contributed by atoms with Crippen molar-refractivity contribution >= 4 is 17.0 Å². The van der Waals surface area contributed by atoms with Crippen molar-refractivity contribution in [3.63, 3.8) is 0 Å². The van der Waals surface area contributed by atoms with Crippen molar-refractivity contribution in [3.05, 3.63) is 72.9 Å². The Labute approximate surface area is 186 Å². The highest BCUT2D eigenvalue weighted by Crippen LogP contribution is 2.04. The van der Waals surface area contributed by atoms with E-state index in [1.807, 2.05) is 24.3 Å². The summed E-state index contributed by atoms with van der Waals surface area (Å²) in [6, 6.07) is 7.74. The number of carboxylic acid groups (broad SMARTS) is 1. The zero-order valence-corrected chi connectivity index (χ0v) is 18.7. The van der Waals surface area contributed by atoms with Crippen LogP contribution in [0.25, 0.3) is 11.0 Å². The van der Waals surface area contributed by atoms with Gasteiger partial charge in [0.15, 0.2) is 0 Å². The molecule has 2 aromatic rings. The van der Waals surface area contributed by atoms with Gasteiger partial charge in [0.25, 0.3) is 0 Å². The molecule has 1 heterocycles. The highest BCUT2D eigenvalue weighted by molar-refractivity contribution is 5.72. The van der Waals surface area contributed by atoms with Crippen LogP contribution in [0.3, 0.4) is 0 Å². The summed E-state index contributed by atoms with van der Waals surface area (Å²) in [5.41, 5.74) is 1.90.